The van der Waals surface area contributed by atoms with Crippen LogP contribution in [0, 0.1) is 0 Å². The van der Waals surface area contributed by atoms with Gasteiger partial charge in [0.05, 0.1) is 5.69 Å². The molecule has 0 saturated heterocycles. The fraction of sp³-hybridized carbons (Fsp3) is 0. The average molecular weight is 247 g/mol. The number of benzene rings is 1. The molecule has 1 aromatic carbocycles. The molecule has 0 N–H and O–H groups in total. The Labute approximate surface area is 76.0 Å². The molecular weight excluding hydrogens is 241 g/mol. The first-order valence-electron chi connectivity index (χ1n) is 2.56. The molecule has 52 valence electrons. The van der Waals surface area contributed by atoms with Crippen LogP contribution in [-0.2, 0) is 4.79 Å². The fourth-order valence-electron chi connectivity index (χ4n) is 0.555. The molecule has 0 atom stereocenters. The summed E-state index contributed by atoms with van der Waals surface area (Å²) in [5.74, 6) is 0. The van der Waals surface area contributed by atoms with Gasteiger partial charge in [0.2, 0.25) is 6.08 Å². The van der Waals surface area contributed by atoms with E-state index in [1.807, 2.05) is 18.2 Å². The van der Waals surface area contributed by atoms with Crippen molar-refractivity contribution in [3.05, 3.63) is 30.3 Å². The van der Waals surface area contributed by atoms with Gasteiger partial charge >= 0.3 is 0 Å². The standard InChI is InChI=1S/C7H5NO.HI/c9-6-8-7-4-2-1-3-5-7;/h1-5H;1H. The molecule has 0 aromatic heterocycles. The van der Waals surface area contributed by atoms with Gasteiger partial charge in [-0.05, 0) is 12.1 Å². The average Bonchev–Trinajstić information content (AvgIpc) is 1.91. The van der Waals surface area contributed by atoms with Crippen molar-refractivity contribution in [2.75, 3.05) is 0 Å². The van der Waals surface area contributed by atoms with Gasteiger partial charge in [0, 0.05) is 0 Å². The van der Waals surface area contributed by atoms with Crippen LogP contribution in [-0.4, -0.2) is 6.08 Å². The summed E-state index contributed by atoms with van der Waals surface area (Å²) >= 11 is 0. The van der Waals surface area contributed by atoms with Crippen LogP contribution in [0.3, 0.4) is 0 Å². The number of carbonyl (C=O) groups excluding carboxylic acids is 1. The second kappa shape index (κ2) is 5.14. The number of hydrogen-bond donors (Lipinski definition) is 0. The summed E-state index contributed by atoms with van der Waals surface area (Å²) in [7, 11) is 0. The lowest BCUT2D eigenvalue weighted by Crippen LogP contribution is -1.59. The highest BCUT2D eigenvalue weighted by Gasteiger charge is 1.79. The van der Waals surface area contributed by atoms with Crippen molar-refractivity contribution in [2.24, 2.45) is 4.99 Å². The smallest absolute Gasteiger partial charge is 0.211 e. The maximum absolute atomic E-state index is 9.68. The minimum atomic E-state index is 0. The molecule has 1 rings (SSSR count). The topological polar surface area (TPSA) is 29.4 Å². The molecule has 10 heavy (non-hydrogen) atoms. The van der Waals surface area contributed by atoms with Gasteiger partial charge in [-0.25, -0.2) is 4.79 Å². The van der Waals surface area contributed by atoms with E-state index in [9.17, 15) is 4.79 Å². The number of aliphatic imine (C=N–C) groups is 1. The van der Waals surface area contributed by atoms with Gasteiger partial charge in [-0.3, -0.25) is 0 Å². The first-order valence-corrected chi connectivity index (χ1v) is 2.56. The highest BCUT2D eigenvalue weighted by molar-refractivity contribution is 14.0. The molecule has 0 heterocycles. The van der Waals surface area contributed by atoms with Crippen molar-refractivity contribution >= 4 is 35.7 Å². The Balaban J connectivity index is 0.000000810. The van der Waals surface area contributed by atoms with Crippen LogP contribution in [0.4, 0.5) is 5.69 Å². The fourth-order valence-corrected chi connectivity index (χ4v) is 0.555. The third-order valence-corrected chi connectivity index (χ3v) is 0.931. The van der Waals surface area contributed by atoms with Crippen LogP contribution in [0.15, 0.2) is 35.3 Å². The first kappa shape index (κ1) is 9.33. The number of halogens is 1. The van der Waals surface area contributed by atoms with Crippen LogP contribution in [0.2, 0.25) is 0 Å². The van der Waals surface area contributed by atoms with Crippen molar-refractivity contribution in [1.29, 1.82) is 0 Å². The molecule has 0 aliphatic heterocycles. The molecule has 0 aliphatic rings. The minimum absolute atomic E-state index is 0. The first-order chi connectivity index (χ1) is 4.43. The molecule has 0 radical (unpaired) electrons. The summed E-state index contributed by atoms with van der Waals surface area (Å²) in [4.78, 5) is 13.1. The Morgan fingerprint density at radius 1 is 1.20 bits per heavy atom. The lowest BCUT2D eigenvalue weighted by Gasteiger charge is -1.83. The predicted octanol–water partition coefficient (Wildman–Crippen LogP) is 2.27. The molecule has 0 aliphatic carbocycles. The van der Waals surface area contributed by atoms with Crippen LogP contribution in [0.1, 0.15) is 0 Å². The van der Waals surface area contributed by atoms with Crippen molar-refractivity contribution in [3.63, 3.8) is 0 Å². The number of nitrogens with zero attached hydrogens (tertiary/aromatic N) is 1. The van der Waals surface area contributed by atoms with Gasteiger partial charge in [0.15, 0.2) is 0 Å². The van der Waals surface area contributed by atoms with Gasteiger partial charge < -0.3 is 0 Å². The molecule has 3 heteroatoms. The predicted molar refractivity (Wildman–Crippen MR) is 49.6 cm³/mol. The van der Waals surface area contributed by atoms with Gasteiger partial charge in [0.1, 0.15) is 0 Å². The lowest BCUT2D eigenvalue weighted by molar-refractivity contribution is 0.565. The zero-order chi connectivity index (χ0) is 6.53. The van der Waals surface area contributed by atoms with E-state index in [1.54, 1.807) is 12.1 Å². The van der Waals surface area contributed by atoms with Crippen LogP contribution < -0.4 is 0 Å². The molecule has 0 bridgehead atoms. The Kier molecular flexibility index (Phi) is 4.80. The number of isocyanates is 1. The normalized spacial score (nSPS) is 7.20. The van der Waals surface area contributed by atoms with E-state index in [4.69, 9.17) is 0 Å². The molecule has 0 amide bonds. The summed E-state index contributed by atoms with van der Waals surface area (Å²) in [6.45, 7) is 0. The molecular formula is C7H6INO. The van der Waals surface area contributed by atoms with E-state index in [1.165, 1.54) is 6.08 Å². The Morgan fingerprint density at radius 2 is 1.80 bits per heavy atom. The quantitative estimate of drug-likeness (QED) is 0.425. The Bertz CT molecular complexity index is 229. The highest BCUT2D eigenvalue weighted by Crippen LogP contribution is 2.06. The molecule has 0 saturated carbocycles. The van der Waals surface area contributed by atoms with Crippen molar-refractivity contribution in [3.8, 4) is 0 Å². The van der Waals surface area contributed by atoms with E-state index >= 15 is 0 Å². The van der Waals surface area contributed by atoms with Crippen molar-refractivity contribution < 1.29 is 4.79 Å². The van der Waals surface area contributed by atoms with Gasteiger partial charge in [0.25, 0.3) is 0 Å². The van der Waals surface area contributed by atoms with Gasteiger partial charge in [-0.2, -0.15) is 4.99 Å². The summed E-state index contributed by atoms with van der Waals surface area (Å²) in [6.07, 6.45) is 1.46. The maximum Gasteiger partial charge on any atom is 0.240 e. The zero-order valence-corrected chi connectivity index (χ0v) is 7.48. The third kappa shape index (κ3) is 2.75. The van der Waals surface area contributed by atoms with Gasteiger partial charge in [-0.15, -0.1) is 24.0 Å². The van der Waals surface area contributed by atoms with E-state index in [-0.39, 0.29) is 24.0 Å². The molecule has 2 nitrogen and oxygen atoms in total. The Morgan fingerprint density at radius 3 is 2.30 bits per heavy atom. The van der Waals surface area contributed by atoms with Crippen LogP contribution in [0.25, 0.3) is 0 Å². The highest BCUT2D eigenvalue weighted by atomic mass is 127. The second-order valence-corrected chi connectivity index (χ2v) is 1.54. The lowest BCUT2D eigenvalue weighted by atomic mass is 10.3. The second-order valence-electron chi connectivity index (χ2n) is 1.54. The van der Waals surface area contributed by atoms with Crippen molar-refractivity contribution in [2.45, 2.75) is 0 Å². The van der Waals surface area contributed by atoms with E-state index in [2.05, 4.69) is 4.99 Å². The van der Waals surface area contributed by atoms with E-state index < -0.39 is 0 Å². The number of rotatable bonds is 1. The molecule has 0 unspecified atom stereocenters. The monoisotopic (exact) mass is 247 g/mol. The number of para-hydroxylation sites is 1. The summed E-state index contributed by atoms with van der Waals surface area (Å²) in [5, 5.41) is 0. The van der Waals surface area contributed by atoms with Crippen LogP contribution >= 0.6 is 24.0 Å². The number of hydrogen-bond acceptors (Lipinski definition) is 2. The van der Waals surface area contributed by atoms with Gasteiger partial charge in [-0.1, -0.05) is 18.2 Å². The zero-order valence-electron chi connectivity index (χ0n) is 5.15. The van der Waals surface area contributed by atoms with Crippen LogP contribution in [0.5, 0.6) is 0 Å². The van der Waals surface area contributed by atoms with E-state index in [0.29, 0.717) is 5.69 Å². The SMILES string of the molecule is I.O=C=Nc1ccccc1. The molecule has 0 spiro atoms. The summed E-state index contributed by atoms with van der Waals surface area (Å²) < 4.78 is 0. The third-order valence-electron chi connectivity index (χ3n) is 0.931. The largest absolute Gasteiger partial charge is 0.240 e. The minimum Gasteiger partial charge on any atom is -0.211 e. The summed E-state index contributed by atoms with van der Waals surface area (Å²) in [6, 6.07) is 8.98. The maximum atomic E-state index is 9.68. The summed E-state index contributed by atoms with van der Waals surface area (Å²) in [5.41, 5.74) is 0.646. The van der Waals surface area contributed by atoms with E-state index in [0.717, 1.165) is 0 Å². The Hall–Kier alpha value is -0.670. The molecule has 1 aromatic rings. The molecule has 0 fully saturated rings. The van der Waals surface area contributed by atoms with Crippen molar-refractivity contribution in [1.82, 2.24) is 0 Å².